The first kappa shape index (κ1) is 21.2. The maximum atomic E-state index is 13.4. The maximum Gasteiger partial charge on any atom is 0.415 e. The Bertz CT molecular complexity index is 1060. The molecule has 0 N–H and O–H groups in total. The molecule has 1 amide bonds. The minimum atomic E-state index is -0.352. The fraction of sp³-hybridized carbons (Fsp3) is 0.208. The number of hydrogen-bond acceptors (Lipinski definition) is 3. The van der Waals surface area contributed by atoms with Crippen LogP contribution in [0.2, 0.25) is 0 Å². The molecular formula is C24H21BrINO3. The van der Waals surface area contributed by atoms with E-state index in [0.29, 0.717) is 0 Å². The summed E-state index contributed by atoms with van der Waals surface area (Å²) in [6.45, 7) is 0.234. The second-order valence-corrected chi connectivity index (χ2v) is 9.24. The Labute approximate surface area is 198 Å². The second-order valence-electron chi connectivity index (χ2n) is 7.14. The number of rotatable bonds is 4. The van der Waals surface area contributed by atoms with Gasteiger partial charge in [-0.1, -0.05) is 42.5 Å². The van der Waals surface area contributed by atoms with Gasteiger partial charge in [-0.15, -0.1) is 0 Å². The van der Waals surface area contributed by atoms with Crippen molar-refractivity contribution in [3.05, 3.63) is 91.5 Å². The lowest BCUT2D eigenvalue weighted by atomic mass is 9.91. The molecule has 3 aromatic carbocycles. The van der Waals surface area contributed by atoms with Gasteiger partial charge in [0.2, 0.25) is 0 Å². The summed E-state index contributed by atoms with van der Waals surface area (Å²) >= 11 is 5.99. The number of aryl methyl sites for hydroxylation is 1. The van der Waals surface area contributed by atoms with Crippen LogP contribution >= 0.6 is 38.5 Å². The van der Waals surface area contributed by atoms with Gasteiger partial charge in [0.15, 0.2) is 0 Å². The molecule has 4 nitrogen and oxygen atoms in total. The number of carbonyl (C=O) groups is 1. The minimum Gasteiger partial charge on any atom is -0.497 e. The Hall–Kier alpha value is -2.06. The van der Waals surface area contributed by atoms with Crippen molar-refractivity contribution in [3.63, 3.8) is 0 Å². The molecule has 0 radical (unpaired) electrons. The Morgan fingerprint density at radius 2 is 1.93 bits per heavy atom. The second kappa shape index (κ2) is 9.39. The summed E-state index contributed by atoms with van der Waals surface area (Å²) in [6.07, 6.45) is 1.34. The highest BCUT2D eigenvalue weighted by atomic mass is 127. The van der Waals surface area contributed by atoms with Crippen molar-refractivity contribution in [1.82, 2.24) is 0 Å². The van der Waals surface area contributed by atoms with E-state index in [9.17, 15) is 4.79 Å². The quantitative estimate of drug-likeness (QED) is 0.317. The van der Waals surface area contributed by atoms with Gasteiger partial charge in [0.1, 0.15) is 12.4 Å². The first-order valence-corrected chi connectivity index (χ1v) is 11.6. The van der Waals surface area contributed by atoms with Crippen LogP contribution in [-0.4, -0.2) is 13.2 Å². The molecule has 6 heteroatoms. The molecule has 0 fully saturated rings. The SMILES string of the molecule is COc1cccc(C2CCc3cc(I)cc(Br)c3N2C(=O)OCc2ccccc2)c1. The van der Waals surface area contributed by atoms with E-state index in [1.54, 1.807) is 12.0 Å². The van der Waals surface area contributed by atoms with Crippen LogP contribution in [0.3, 0.4) is 0 Å². The summed E-state index contributed by atoms with van der Waals surface area (Å²) < 4.78 is 13.2. The van der Waals surface area contributed by atoms with E-state index in [1.165, 1.54) is 0 Å². The van der Waals surface area contributed by atoms with Crippen molar-refractivity contribution >= 4 is 50.3 Å². The third-order valence-electron chi connectivity index (χ3n) is 5.23. The highest BCUT2D eigenvalue weighted by Crippen LogP contribution is 2.44. The van der Waals surface area contributed by atoms with E-state index >= 15 is 0 Å². The standard InChI is InChI=1S/C24H21BrINO3/c1-29-20-9-5-8-17(13-20)22-11-10-18-12-19(26)14-21(25)23(18)27(22)24(28)30-15-16-6-3-2-4-7-16/h2-9,12-14,22H,10-11,15H2,1H3. The molecule has 0 aliphatic carbocycles. The van der Waals surface area contributed by atoms with Gasteiger partial charge in [-0.2, -0.15) is 0 Å². The summed E-state index contributed by atoms with van der Waals surface area (Å²) in [5, 5.41) is 0. The number of fused-ring (bicyclic) bond motifs is 1. The van der Waals surface area contributed by atoms with E-state index in [-0.39, 0.29) is 18.7 Å². The largest absolute Gasteiger partial charge is 0.497 e. The number of ether oxygens (including phenoxy) is 2. The normalized spacial score (nSPS) is 15.4. The minimum absolute atomic E-state index is 0.132. The summed E-state index contributed by atoms with van der Waals surface area (Å²) in [7, 11) is 1.65. The lowest BCUT2D eigenvalue weighted by molar-refractivity contribution is 0.143. The fourth-order valence-corrected chi connectivity index (χ4v) is 5.64. The maximum absolute atomic E-state index is 13.4. The average molecular weight is 578 g/mol. The number of hydrogen-bond donors (Lipinski definition) is 0. The van der Waals surface area contributed by atoms with Gasteiger partial charge in [-0.05, 0) is 92.3 Å². The number of anilines is 1. The van der Waals surface area contributed by atoms with Gasteiger partial charge in [-0.25, -0.2) is 4.79 Å². The number of carbonyl (C=O) groups excluding carboxylic acids is 1. The van der Waals surface area contributed by atoms with Crippen LogP contribution < -0.4 is 9.64 Å². The van der Waals surface area contributed by atoms with E-state index < -0.39 is 0 Å². The monoisotopic (exact) mass is 577 g/mol. The molecule has 30 heavy (non-hydrogen) atoms. The molecule has 0 saturated carbocycles. The molecule has 1 aliphatic rings. The van der Waals surface area contributed by atoms with E-state index in [0.717, 1.165) is 49.0 Å². The Morgan fingerprint density at radius 1 is 1.13 bits per heavy atom. The lowest BCUT2D eigenvalue weighted by Gasteiger charge is -2.37. The lowest BCUT2D eigenvalue weighted by Crippen LogP contribution is -2.39. The van der Waals surface area contributed by atoms with Crippen molar-refractivity contribution in [2.24, 2.45) is 0 Å². The highest BCUT2D eigenvalue weighted by Gasteiger charge is 2.35. The Balaban J connectivity index is 1.71. The number of benzene rings is 3. The van der Waals surface area contributed by atoms with E-state index in [2.05, 4.69) is 44.6 Å². The first-order chi connectivity index (χ1) is 14.6. The molecular weight excluding hydrogens is 557 g/mol. The van der Waals surface area contributed by atoms with Crippen LogP contribution in [0.25, 0.3) is 0 Å². The summed E-state index contributed by atoms with van der Waals surface area (Å²) in [6, 6.07) is 21.7. The van der Waals surface area contributed by atoms with Crippen molar-refractivity contribution in [1.29, 1.82) is 0 Å². The summed E-state index contributed by atoms with van der Waals surface area (Å²) in [4.78, 5) is 15.1. The predicted molar refractivity (Wildman–Crippen MR) is 130 cm³/mol. The number of methoxy groups -OCH3 is 1. The topological polar surface area (TPSA) is 38.8 Å². The molecule has 0 saturated heterocycles. The smallest absolute Gasteiger partial charge is 0.415 e. The Kier molecular flexibility index (Phi) is 6.63. The van der Waals surface area contributed by atoms with Gasteiger partial charge in [0.05, 0.1) is 18.8 Å². The summed E-state index contributed by atoms with van der Waals surface area (Å²) in [5.74, 6) is 0.776. The zero-order valence-corrected chi connectivity index (χ0v) is 20.2. The Morgan fingerprint density at radius 3 is 2.70 bits per heavy atom. The van der Waals surface area contributed by atoms with Gasteiger partial charge in [0, 0.05) is 8.04 Å². The molecule has 1 unspecified atom stereocenters. The zero-order chi connectivity index (χ0) is 21.1. The van der Waals surface area contributed by atoms with Crippen LogP contribution in [0.15, 0.2) is 71.2 Å². The molecule has 1 atom stereocenters. The molecule has 1 aliphatic heterocycles. The molecule has 4 rings (SSSR count). The van der Waals surface area contributed by atoms with Crippen LogP contribution in [0.5, 0.6) is 5.75 Å². The molecule has 0 spiro atoms. The summed E-state index contributed by atoms with van der Waals surface area (Å²) in [5.41, 5.74) is 4.02. The van der Waals surface area contributed by atoms with Crippen molar-refractivity contribution in [2.75, 3.05) is 12.0 Å². The number of amides is 1. The van der Waals surface area contributed by atoms with Crippen LogP contribution in [0.1, 0.15) is 29.2 Å². The van der Waals surface area contributed by atoms with Gasteiger partial charge < -0.3 is 9.47 Å². The van der Waals surface area contributed by atoms with E-state index in [1.807, 2.05) is 60.7 Å². The third kappa shape index (κ3) is 4.49. The van der Waals surface area contributed by atoms with Crippen molar-refractivity contribution < 1.29 is 14.3 Å². The average Bonchev–Trinajstić information content (AvgIpc) is 2.77. The molecule has 0 aromatic heterocycles. The molecule has 0 bridgehead atoms. The van der Waals surface area contributed by atoms with Gasteiger partial charge in [-0.3, -0.25) is 4.90 Å². The van der Waals surface area contributed by atoms with Crippen LogP contribution in [0.4, 0.5) is 10.5 Å². The van der Waals surface area contributed by atoms with Crippen LogP contribution in [0, 0.1) is 3.57 Å². The fourth-order valence-electron chi connectivity index (χ4n) is 3.83. The van der Waals surface area contributed by atoms with Gasteiger partial charge in [0.25, 0.3) is 0 Å². The molecule has 154 valence electrons. The number of halogens is 2. The van der Waals surface area contributed by atoms with Crippen molar-refractivity contribution in [3.8, 4) is 5.75 Å². The number of nitrogens with zero attached hydrogens (tertiary/aromatic N) is 1. The van der Waals surface area contributed by atoms with E-state index in [4.69, 9.17) is 9.47 Å². The highest BCUT2D eigenvalue weighted by molar-refractivity contribution is 14.1. The first-order valence-electron chi connectivity index (χ1n) is 9.68. The van der Waals surface area contributed by atoms with Crippen molar-refractivity contribution in [2.45, 2.75) is 25.5 Å². The molecule has 3 aromatic rings. The van der Waals surface area contributed by atoms with Gasteiger partial charge >= 0.3 is 6.09 Å². The molecule has 1 heterocycles. The predicted octanol–water partition coefficient (Wildman–Crippen LogP) is 6.89. The third-order valence-corrected chi connectivity index (χ3v) is 6.45. The zero-order valence-electron chi connectivity index (χ0n) is 16.5. The van der Waals surface area contributed by atoms with Crippen LogP contribution in [-0.2, 0) is 17.8 Å².